The van der Waals surface area contributed by atoms with Crippen LogP contribution < -0.4 is 10.1 Å². The molecule has 1 aromatic carbocycles. The van der Waals surface area contributed by atoms with Crippen LogP contribution in [0.3, 0.4) is 0 Å². The van der Waals surface area contributed by atoms with E-state index < -0.39 is 0 Å². The van der Waals surface area contributed by atoms with Crippen molar-refractivity contribution in [2.24, 2.45) is 5.92 Å². The molecular formula is C23H17ClN6O2S. The summed E-state index contributed by atoms with van der Waals surface area (Å²) in [6, 6.07) is 8.97. The highest BCUT2D eigenvalue weighted by molar-refractivity contribution is 7.15. The van der Waals surface area contributed by atoms with Gasteiger partial charge in [-0.3, -0.25) is 15.2 Å². The van der Waals surface area contributed by atoms with Crippen molar-refractivity contribution in [3.05, 3.63) is 58.4 Å². The first kappa shape index (κ1) is 21.1. The Balaban J connectivity index is 1.52. The predicted molar refractivity (Wildman–Crippen MR) is 126 cm³/mol. The van der Waals surface area contributed by atoms with Crippen LogP contribution in [-0.2, 0) is 0 Å². The molecule has 0 aliphatic heterocycles. The molecule has 0 spiro atoms. The lowest BCUT2D eigenvalue weighted by Crippen LogP contribution is -2.13. The lowest BCUT2D eigenvalue weighted by atomic mass is 9.95. The Bertz CT molecular complexity index is 1390. The number of H-pyrrole nitrogens is 1. The normalized spacial score (nSPS) is 12.7. The van der Waals surface area contributed by atoms with Crippen LogP contribution in [0.15, 0.2) is 42.7 Å². The Labute approximate surface area is 198 Å². The highest BCUT2D eigenvalue weighted by Gasteiger charge is 2.20. The van der Waals surface area contributed by atoms with E-state index in [1.165, 1.54) is 17.5 Å². The summed E-state index contributed by atoms with van der Waals surface area (Å²) in [6.45, 7) is 0. The standard InChI is InChI=1S/C23H17ClN6O2S/c1-32-19-12-25-20(24)11-17(19)16-10-14(18-8-9-26-28-18)5-6-15(16)22(31)27-23-30-29-21(33-23)7-4-13-2-3-13/h5-6,8-13H,2-3H2,1H3,(H,26,28)(H,27,30,31). The average Bonchev–Trinajstić information content (AvgIpc) is 3.29. The first-order valence-electron chi connectivity index (χ1n) is 10.1. The van der Waals surface area contributed by atoms with Crippen molar-refractivity contribution >= 4 is 34.0 Å². The molecule has 1 amide bonds. The fourth-order valence-electron chi connectivity index (χ4n) is 3.22. The number of carbonyl (C=O) groups is 1. The van der Waals surface area contributed by atoms with E-state index in [9.17, 15) is 4.79 Å². The number of methoxy groups -OCH3 is 1. The number of nitrogens with one attached hydrogen (secondary N) is 2. The van der Waals surface area contributed by atoms with Gasteiger partial charge in [0.1, 0.15) is 10.9 Å². The van der Waals surface area contributed by atoms with E-state index in [0.717, 1.165) is 24.1 Å². The molecule has 2 N–H and O–H groups in total. The Hall–Kier alpha value is -3.74. The summed E-state index contributed by atoms with van der Waals surface area (Å²) in [5.41, 5.74) is 3.34. The number of hydrogen-bond acceptors (Lipinski definition) is 7. The minimum atomic E-state index is -0.339. The molecule has 5 rings (SSSR count). The largest absolute Gasteiger partial charge is 0.494 e. The minimum Gasteiger partial charge on any atom is -0.494 e. The molecule has 4 aromatic rings. The molecule has 8 nitrogen and oxygen atoms in total. The number of hydrogen-bond donors (Lipinski definition) is 2. The van der Waals surface area contributed by atoms with E-state index >= 15 is 0 Å². The van der Waals surface area contributed by atoms with Gasteiger partial charge in [-0.05, 0) is 48.6 Å². The molecule has 1 aliphatic carbocycles. The third-order valence-corrected chi connectivity index (χ3v) is 5.99. The third-order valence-electron chi connectivity index (χ3n) is 5.03. The fraction of sp³-hybridized carbons (Fsp3) is 0.174. The van der Waals surface area contributed by atoms with Crippen molar-refractivity contribution in [2.75, 3.05) is 12.4 Å². The second kappa shape index (κ2) is 9.02. The molecule has 33 heavy (non-hydrogen) atoms. The topological polar surface area (TPSA) is 106 Å². The molecule has 0 atom stereocenters. The smallest absolute Gasteiger partial charge is 0.258 e. The molecule has 1 fully saturated rings. The van der Waals surface area contributed by atoms with E-state index in [0.29, 0.717) is 38.5 Å². The number of amides is 1. The summed E-state index contributed by atoms with van der Waals surface area (Å²) in [5.74, 6) is 6.78. The maximum Gasteiger partial charge on any atom is 0.258 e. The number of pyridine rings is 1. The number of aromatic nitrogens is 5. The van der Waals surface area contributed by atoms with E-state index in [4.69, 9.17) is 16.3 Å². The predicted octanol–water partition coefficient (Wildman–Crippen LogP) is 4.67. The number of ether oxygens (including phenoxy) is 1. The molecule has 0 radical (unpaired) electrons. The number of carbonyl (C=O) groups excluding carboxylic acids is 1. The van der Waals surface area contributed by atoms with Crippen molar-refractivity contribution in [3.8, 4) is 40.0 Å². The summed E-state index contributed by atoms with van der Waals surface area (Å²) >= 11 is 7.41. The van der Waals surface area contributed by atoms with Gasteiger partial charge in [-0.25, -0.2) is 4.98 Å². The van der Waals surface area contributed by atoms with Crippen molar-refractivity contribution in [1.82, 2.24) is 25.4 Å². The van der Waals surface area contributed by atoms with Crippen LogP contribution in [0.1, 0.15) is 28.2 Å². The molecule has 0 unspecified atom stereocenters. The quantitative estimate of drug-likeness (QED) is 0.320. The molecule has 1 aliphatic rings. The van der Waals surface area contributed by atoms with Gasteiger partial charge >= 0.3 is 0 Å². The van der Waals surface area contributed by atoms with Crippen LogP contribution in [0.2, 0.25) is 5.15 Å². The van der Waals surface area contributed by atoms with E-state index in [2.05, 4.69) is 42.5 Å². The zero-order valence-electron chi connectivity index (χ0n) is 17.4. The van der Waals surface area contributed by atoms with Gasteiger partial charge in [-0.2, -0.15) is 5.10 Å². The molecule has 0 bridgehead atoms. The summed E-state index contributed by atoms with van der Waals surface area (Å²) < 4.78 is 5.48. The summed E-state index contributed by atoms with van der Waals surface area (Å²) in [5, 5.41) is 19.1. The van der Waals surface area contributed by atoms with Gasteiger partial charge in [-0.1, -0.05) is 34.9 Å². The van der Waals surface area contributed by atoms with Crippen molar-refractivity contribution in [1.29, 1.82) is 0 Å². The zero-order valence-corrected chi connectivity index (χ0v) is 19.0. The van der Waals surface area contributed by atoms with Crippen molar-refractivity contribution in [3.63, 3.8) is 0 Å². The SMILES string of the molecule is COc1cnc(Cl)cc1-c1cc(-c2ccn[nH]2)ccc1C(=O)Nc1nnc(C#CC2CC2)s1. The summed E-state index contributed by atoms with van der Waals surface area (Å²) in [6.07, 6.45) is 5.46. The molecular weight excluding hydrogens is 460 g/mol. The lowest BCUT2D eigenvalue weighted by Gasteiger charge is -2.14. The zero-order chi connectivity index (χ0) is 22.8. The number of aromatic amines is 1. The molecule has 164 valence electrons. The Morgan fingerprint density at radius 3 is 2.88 bits per heavy atom. The van der Waals surface area contributed by atoms with Gasteiger partial charge in [0.2, 0.25) is 5.13 Å². The fourth-order valence-corrected chi connectivity index (χ4v) is 3.98. The van der Waals surface area contributed by atoms with Crippen LogP contribution in [-0.4, -0.2) is 38.4 Å². The highest BCUT2D eigenvalue weighted by Crippen LogP contribution is 2.36. The Kier molecular flexibility index (Phi) is 5.77. The number of benzene rings is 1. The van der Waals surface area contributed by atoms with Gasteiger partial charge < -0.3 is 4.74 Å². The minimum absolute atomic E-state index is 0.284. The van der Waals surface area contributed by atoms with Crippen LogP contribution >= 0.6 is 22.9 Å². The molecule has 3 heterocycles. The number of halogens is 1. The lowest BCUT2D eigenvalue weighted by molar-refractivity contribution is 0.102. The highest BCUT2D eigenvalue weighted by atomic mass is 35.5. The number of anilines is 1. The maximum atomic E-state index is 13.3. The van der Waals surface area contributed by atoms with Crippen LogP contribution in [0.5, 0.6) is 5.75 Å². The Morgan fingerprint density at radius 1 is 1.24 bits per heavy atom. The van der Waals surface area contributed by atoms with Crippen molar-refractivity contribution < 1.29 is 9.53 Å². The van der Waals surface area contributed by atoms with Gasteiger partial charge in [0.15, 0.2) is 5.01 Å². The maximum absolute atomic E-state index is 13.3. The molecule has 0 saturated heterocycles. The first-order chi connectivity index (χ1) is 16.1. The summed E-state index contributed by atoms with van der Waals surface area (Å²) in [7, 11) is 1.54. The molecule has 1 saturated carbocycles. The van der Waals surface area contributed by atoms with E-state index in [1.807, 2.05) is 18.2 Å². The van der Waals surface area contributed by atoms with Gasteiger partial charge in [0.25, 0.3) is 5.91 Å². The first-order valence-corrected chi connectivity index (χ1v) is 11.3. The summed E-state index contributed by atoms with van der Waals surface area (Å²) in [4.78, 5) is 17.3. The van der Waals surface area contributed by atoms with Gasteiger partial charge in [0, 0.05) is 28.8 Å². The van der Waals surface area contributed by atoms with Gasteiger partial charge in [-0.15, -0.1) is 10.2 Å². The van der Waals surface area contributed by atoms with Crippen LogP contribution in [0.4, 0.5) is 5.13 Å². The Morgan fingerprint density at radius 2 is 2.12 bits per heavy atom. The van der Waals surface area contributed by atoms with Crippen molar-refractivity contribution in [2.45, 2.75) is 12.8 Å². The second-order valence-corrected chi connectivity index (χ2v) is 8.71. The van der Waals surface area contributed by atoms with Crippen LogP contribution in [0, 0.1) is 17.8 Å². The monoisotopic (exact) mass is 476 g/mol. The average molecular weight is 477 g/mol. The van der Waals surface area contributed by atoms with E-state index in [-0.39, 0.29) is 11.1 Å². The molecule has 3 aromatic heterocycles. The number of nitrogens with zero attached hydrogens (tertiary/aromatic N) is 4. The molecule has 10 heteroatoms. The second-order valence-electron chi connectivity index (χ2n) is 7.35. The van der Waals surface area contributed by atoms with Crippen LogP contribution in [0.25, 0.3) is 22.4 Å². The number of rotatable bonds is 5. The third kappa shape index (κ3) is 4.72. The van der Waals surface area contributed by atoms with Gasteiger partial charge in [0.05, 0.1) is 19.0 Å². The van der Waals surface area contributed by atoms with E-state index in [1.54, 1.807) is 25.4 Å².